The monoisotopic (exact) mass is 473 g/mol. The summed E-state index contributed by atoms with van der Waals surface area (Å²) in [6.07, 6.45) is 5.14. The largest absolute Gasteiger partial charge is 0.383 e. The summed E-state index contributed by atoms with van der Waals surface area (Å²) in [5, 5.41) is 0. The number of nitrogen functional groups attached to an aromatic ring is 1. The molecule has 2 aliphatic rings. The molecule has 2 aromatic heterocycles. The molecule has 4 rings (SSSR count). The van der Waals surface area contributed by atoms with Crippen LogP contribution in [0.2, 0.25) is 0 Å². The Bertz CT molecular complexity index is 1150. The van der Waals surface area contributed by atoms with Crippen LogP contribution < -0.4 is 15.4 Å². The van der Waals surface area contributed by atoms with E-state index in [4.69, 9.17) is 15.5 Å². The highest BCUT2D eigenvalue weighted by Crippen LogP contribution is 2.38. The molecule has 0 aliphatic carbocycles. The standard InChI is InChI=1S/C23H31N5O4S/c1-15-13-23(2,3)28(14-15)21-16(9-10-17(26-21)18-7-4-5-12-32-18)22(29)27-33(30,31)19-8-6-11-25-20(19)24/h6,8-11,15,18H,4-5,7,12-14H2,1-3H3,(H2,24,25)(H,27,29)/t15-,18?/m0/s1. The number of hydrogen-bond donors (Lipinski definition) is 2. The summed E-state index contributed by atoms with van der Waals surface area (Å²) >= 11 is 0. The molecule has 178 valence electrons. The number of hydrogen-bond acceptors (Lipinski definition) is 8. The lowest BCUT2D eigenvalue weighted by atomic mass is 9.97. The normalized spacial score (nSPS) is 22.8. The number of anilines is 2. The molecule has 0 aromatic carbocycles. The van der Waals surface area contributed by atoms with Gasteiger partial charge in [0.15, 0.2) is 0 Å². The molecular weight excluding hydrogens is 442 g/mol. The third kappa shape index (κ3) is 4.81. The van der Waals surface area contributed by atoms with Gasteiger partial charge in [0.05, 0.1) is 17.4 Å². The minimum absolute atomic E-state index is 0.128. The molecule has 0 saturated carbocycles. The van der Waals surface area contributed by atoms with Gasteiger partial charge >= 0.3 is 0 Å². The predicted molar refractivity (Wildman–Crippen MR) is 125 cm³/mol. The highest BCUT2D eigenvalue weighted by molar-refractivity contribution is 7.90. The molecule has 3 N–H and O–H groups in total. The van der Waals surface area contributed by atoms with E-state index in [1.54, 1.807) is 12.1 Å². The molecule has 10 heteroatoms. The van der Waals surface area contributed by atoms with Crippen molar-refractivity contribution in [1.29, 1.82) is 0 Å². The molecule has 2 aromatic rings. The van der Waals surface area contributed by atoms with Crippen molar-refractivity contribution in [2.24, 2.45) is 5.92 Å². The Morgan fingerprint density at radius 2 is 2.06 bits per heavy atom. The maximum atomic E-state index is 13.3. The van der Waals surface area contributed by atoms with Crippen LogP contribution in [0.5, 0.6) is 0 Å². The summed E-state index contributed by atoms with van der Waals surface area (Å²) in [5.74, 6) is -0.0447. The zero-order valence-electron chi connectivity index (χ0n) is 19.2. The highest BCUT2D eigenvalue weighted by Gasteiger charge is 2.39. The minimum Gasteiger partial charge on any atom is -0.383 e. The van der Waals surface area contributed by atoms with E-state index in [1.165, 1.54) is 18.3 Å². The van der Waals surface area contributed by atoms with Crippen LogP contribution in [-0.2, 0) is 14.8 Å². The van der Waals surface area contributed by atoms with Crippen molar-refractivity contribution >= 4 is 27.6 Å². The summed E-state index contributed by atoms with van der Waals surface area (Å²) in [7, 11) is -4.21. The first-order valence-corrected chi connectivity index (χ1v) is 12.7. The van der Waals surface area contributed by atoms with Gasteiger partial charge in [-0.15, -0.1) is 0 Å². The van der Waals surface area contributed by atoms with Crippen LogP contribution in [-0.4, -0.2) is 43.0 Å². The number of pyridine rings is 2. The molecule has 2 fully saturated rings. The van der Waals surface area contributed by atoms with Gasteiger partial charge in [-0.05, 0) is 69.7 Å². The Labute approximate surface area is 194 Å². The molecule has 4 heterocycles. The second kappa shape index (κ2) is 8.90. The number of nitrogens with two attached hydrogens (primary N) is 1. The van der Waals surface area contributed by atoms with Crippen molar-refractivity contribution in [2.75, 3.05) is 23.8 Å². The van der Waals surface area contributed by atoms with Gasteiger partial charge in [-0.2, -0.15) is 0 Å². The van der Waals surface area contributed by atoms with Crippen LogP contribution in [0.15, 0.2) is 35.4 Å². The number of aromatic nitrogens is 2. The fourth-order valence-electron chi connectivity index (χ4n) is 4.82. The van der Waals surface area contributed by atoms with E-state index >= 15 is 0 Å². The Kier molecular flexibility index (Phi) is 6.32. The van der Waals surface area contributed by atoms with E-state index < -0.39 is 15.9 Å². The van der Waals surface area contributed by atoms with Crippen LogP contribution >= 0.6 is 0 Å². The molecular formula is C23H31N5O4S. The van der Waals surface area contributed by atoms with Gasteiger partial charge in [0.25, 0.3) is 15.9 Å². The van der Waals surface area contributed by atoms with Crippen LogP contribution in [0, 0.1) is 5.92 Å². The van der Waals surface area contributed by atoms with Crippen LogP contribution in [0.3, 0.4) is 0 Å². The summed E-state index contributed by atoms with van der Waals surface area (Å²) in [4.78, 5) is 23.8. The zero-order chi connectivity index (χ0) is 23.8. The number of carbonyl (C=O) groups is 1. The molecule has 2 saturated heterocycles. The van der Waals surface area contributed by atoms with Crippen molar-refractivity contribution < 1.29 is 17.9 Å². The first-order valence-electron chi connectivity index (χ1n) is 11.3. The number of sulfonamides is 1. The fraction of sp³-hybridized carbons (Fsp3) is 0.522. The van der Waals surface area contributed by atoms with Crippen molar-refractivity contribution in [2.45, 2.75) is 63.0 Å². The lowest BCUT2D eigenvalue weighted by molar-refractivity contribution is 0.0123. The predicted octanol–water partition coefficient (Wildman–Crippen LogP) is 3.04. The smallest absolute Gasteiger partial charge is 0.268 e. The van der Waals surface area contributed by atoms with Crippen LogP contribution in [0.4, 0.5) is 11.6 Å². The second-order valence-corrected chi connectivity index (χ2v) is 11.2. The first-order chi connectivity index (χ1) is 15.6. The summed E-state index contributed by atoms with van der Waals surface area (Å²) < 4.78 is 33.8. The number of rotatable bonds is 5. The van der Waals surface area contributed by atoms with E-state index in [0.717, 1.165) is 37.9 Å². The van der Waals surface area contributed by atoms with Gasteiger partial charge in [-0.1, -0.05) is 6.92 Å². The van der Waals surface area contributed by atoms with Gasteiger partial charge in [0.2, 0.25) is 0 Å². The Balaban J connectivity index is 1.72. The molecule has 1 unspecified atom stereocenters. The maximum Gasteiger partial charge on any atom is 0.268 e. The molecule has 0 radical (unpaired) electrons. The van der Waals surface area contributed by atoms with E-state index in [1.807, 2.05) is 0 Å². The third-order valence-corrected chi connectivity index (χ3v) is 7.67. The van der Waals surface area contributed by atoms with Gasteiger partial charge in [0.1, 0.15) is 16.5 Å². The molecule has 2 atom stereocenters. The average Bonchev–Trinajstić information content (AvgIpc) is 3.05. The lowest BCUT2D eigenvalue weighted by Gasteiger charge is -2.34. The number of nitrogens with zero attached hydrogens (tertiary/aromatic N) is 3. The Morgan fingerprint density at radius 3 is 2.70 bits per heavy atom. The van der Waals surface area contributed by atoms with E-state index in [0.29, 0.717) is 18.3 Å². The van der Waals surface area contributed by atoms with Crippen molar-refractivity contribution in [3.63, 3.8) is 0 Å². The fourth-order valence-corrected chi connectivity index (χ4v) is 5.87. The maximum absolute atomic E-state index is 13.3. The van der Waals surface area contributed by atoms with Gasteiger partial charge < -0.3 is 15.4 Å². The molecule has 0 spiro atoms. The van der Waals surface area contributed by atoms with E-state index in [2.05, 4.69) is 35.4 Å². The van der Waals surface area contributed by atoms with Crippen LogP contribution in [0.25, 0.3) is 0 Å². The van der Waals surface area contributed by atoms with E-state index in [-0.39, 0.29) is 27.9 Å². The summed E-state index contributed by atoms with van der Waals surface area (Å²) in [6, 6.07) is 6.17. The molecule has 33 heavy (non-hydrogen) atoms. The zero-order valence-corrected chi connectivity index (χ0v) is 20.1. The highest BCUT2D eigenvalue weighted by atomic mass is 32.2. The van der Waals surface area contributed by atoms with Crippen molar-refractivity contribution in [3.8, 4) is 0 Å². The topological polar surface area (TPSA) is 128 Å². The van der Waals surface area contributed by atoms with Crippen molar-refractivity contribution in [3.05, 3.63) is 41.7 Å². The Hall–Kier alpha value is -2.72. The van der Waals surface area contributed by atoms with Gasteiger partial charge in [-0.3, -0.25) is 4.79 Å². The number of carbonyl (C=O) groups excluding carboxylic acids is 1. The van der Waals surface area contributed by atoms with Crippen molar-refractivity contribution in [1.82, 2.24) is 14.7 Å². The molecule has 1 amide bonds. The van der Waals surface area contributed by atoms with Gasteiger partial charge in [0, 0.05) is 24.9 Å². The van der Waals surface area contributed by atoms with Crippen LogP contribution in [0.1, 0.15) is 68.6 Å². The minimum atomic E-state index is -4.21. The quantitative estimate of drug-likeness (QED) is 0.678. The average molecular weight is 474 g/mol. The summed E-state index contributed by atoms with van der Waals surface area (Å²) in [6.45, 7) is 7.77. The Morgan fingerprint density at radius 1 is 1.27 bits per heavy atom. The van der Waals surface area contributed by atoms with E-state index in [9.17, 15) is 13.2 Å². The first kappa shape index (κ1) is 23.4. The number of ether oxygens (including phenoxy) is 1. The second-order valence-electron chi connectivity index (χ2n) is 9.52. The SMILES string of the molecule is C[C@@H]1CN(c2nc(C3CCCCO3)ccc2C(=O)NS(=O)(=O)c2cccnc2N)C(C)(C)C1. The number of nitrogens with one attached hydrogen (secondary N) is 1. The molecule has 2 aliphatic heterocycles. The number of amides is 1. The molecule has 0 bridgehead atoms. The lowest BCUT2D eigenvalue weighted by Crippen LogP contribution is -2.41. The molecule has 9 nitrogen and oxygen atoms in total. The van der Waals surface area contributed by atoms with Gasteiger partial charge in [-0.25, -0.2) is 23.1 Å². The summed E-state index contributed by atoms with van der Waals surface area (Å²) in [5.41, 5.74) is 6.45. The third-order valence-electron chi connectivity index (χ3n) is 6.30.